The van der Waals surface area contributed by atoms with Crippen LogP contribution in [0.15, 0.2) is 29.4 Å². The summed E-state index contributed by atoms with van der Waals surface area (Å²) in [6.45, 7) is 7.14. The highest BCUT2D eigenvalue weighted by Crippen LogP contribution is 2.25. The van der Waals surface area contributed by atoms with E-state index in [4.69, 9.17) is 0 Å². The molecule has 0 bridgehead atoms. The molecule has 0 saturated heterocycles. The number of carbonyl (C=O) groups is 1. The Morgan fingerprint density at radius 2 is 2.10 bits per heavy atom. The summed E-state index contributed by atoms with van der Waals surface area (Å²) >= 11 is 1.61. The Bertz CT molecular complexity index is 624. The van der Waals surface area contributed by atoms with E-state index in [1.807, 2.05) is 12.1 Å². The second-order valence-corrected chi connectivity index (χ2v) is 5.76. The van der Waals surface area contributed by atoms with E-state index >= 15 is 0 Å². The normalized spacial score (nSPS) is 10.6. The number of hydrogen-bond acceptors (Lipinski definition) is 4. The molecule has 0 saturated carbocycles. The number of benzene rings is 1. The molecule has 112 valence electrons. The van der Waals surface area contributed by atoms with Crippen molar-refractivity contribution in [3.63, 3.8) is 0 Å². The van der Waals surface area contributed by atoms with Gasteiger partial charge in [-0.2, -0.15) is 0 Å². The van der Waals surface area contributed by atoms with Crippen LogP contribution in [-0.4, -0.2) is 33.0 Å². The molecular formula is C15H20N4OS. The smallest absolute Gasteiger partial charge is 0.216 e. The van der Waals surface area contributed by atoms with Gasteiger partial charge in [-0.25, -0.2) is 0 Å². The van der Waals surface area contributed by atoms with Crippen molar-refractivity contribution in [3.05, 3.63) is 29.8 Å². The lowest BCUT2D eigenvalue weighted by Gasteiger charge is -2.09. The third-order valence-corrected chi connectivity index (χ3v) is 4.09. The molecule has 0 radical (unpaired) electrons. The lowest BCUT2D eigenvalue weighted by Crippen LogP contribution is -2.22. The minimum atomic E-state index is -0.00634. The molecule has 5 nitrogen and oxygen atoms in total. The van der Waals surface area contributed by atoms with Crippen LogP contribution in [0.3, 0.4) is 0 Å². The van der Waals surface area contributed by atoms with Crippen molar-refractivity contribution < 1.29 is 4.79 Å². The highest BCUT2D eigenvalue weighted by atomic mass is 32.2. The maximum absolute atomic E-state index is 10.9. The van der Waals surface area contributed by atoms with Crippen molar-refractivity contribution in [2.24, 2.45) is 0 Å². The van der Waals surface area contributed by atoms with Crippen LogP contribution in [0.1, 0.15) is 19.4 Å². The zero-order valence-electron chi connectivity index (χ0n) is 12.6. The topological polar surface area (TPSA) is 59.8 Å². The van der Waals surface area contributed by atoms with Gasteiger partial charge in [0.15, 0.2) is 11.0 Å². The summed E-state index contributed by atoms with van der Waals surface area (Å²) in [6.07, 6.45) is 0. The third kappa shape index (κ3) is 3.85. The molecule has 0 aliphatic carbocycles. The molecular weight excluding hydrogens is 284 g/mol. The molecule has 1 N–H and O–H groups in total. The van der Waals surface area contributed by atoms with Gasteiger partial charge in [-0.3, -0.25) is 4.79 Å². The molecule has 0 aliphatic rings. The number of carbonyl (C=O) groups excluding carboxylic acids is 1. The molecule has 0 atom stereocenters. The molecule has 0 fully saturated rings. The molecule has 21 heavy (non-hydrogen) atoms. The van der Waals surface area contributed by atoms with Crippen LogP contribution in [0, 0.1) is 6.92 Å². The van der Waals surface area contributed by atoms with E-state index in [0.717, 1.165) is 28.8 Å². The number of amides is 1. The van der Waals surface area contributed by atoms with Gasteiger partial charge in [-0.15, -0.1) is 10.2 Å². The Morgan fingerprint density at radius 1 is 1.33 bits per heavy atom. The van der Waals surface area contributed by atoms with Gasteiger partial charge in [0, 0.05) is 31.3 Å². The van der Waals surface area contributed by atoms with E-state index in [1.165, 1.54) is 12.5 Å². The quantitative estimate of drug-likeness (QED) is 0.658. The number of aryl methyl sites for hydroxylation is 1. The van der Waals surface area contributed by atoms with Gasteiger partial charge in [-0.1, -0.05) is 36.0 Å². The van der Waals surface area contributed by atoms with E-state index in [1.54, 1.807) is 11.8 Å². The van der Waals surface area contributed by atoms with Gasteiger partial charge in [-0.05, 0) is 19.4 Å². The molecule has 2 rings (SSSR count). The molecule has 0 aliphatic heterocycles. The first-order chi connectivity index (χ1) is 10.1. The van der Waals surface area contributed by atoms with Crippen LogP contribution in [-0.2, 0) is 11.3 Å². The molecule has 0 spiro atoms. The maximum atomic E-state index is 10.9. The highest BCUT2D eigenvalue weighted by Gasteiger charge is 2.14. The number of nitrogens with zero attached hydrogens (tertiary/aromatic N) is 3. The van der Waals surface area contributed by atoms with Gasteiger partial charge >= 0.3 is 0 Å². The van der Waals surface area contributed by atoms with Gasteiger partial charge in [0.2, 0.25) is 5.91 Å². The van der Waals surface area contributed by atoms with Crippen LogP contribution in [0.5, 0.6) is 0 Å². The van der Waals surface area contributed by atoms with E-state index in [0.29, 0.717) is 6.54 Å². The highest BCUT2D eigenvalue weighted by molar-refractivity contribution is 7.99. The summed E-state index contributed by atoms with van der Waals surface area (Å²) in [5, 5.41) is 12.3. The Hall–Kier alpha value is -1.82. The number of nitrogens with one attached hydrogen (secondary N) is 1. The first-order valence-corrected chi connectivity index (χ1v) is 7.98. The fourth-order valence-corrected chi connectivity index (χ4v) is 2.93. The molecule has 0 unspecified atom stereocenters. The Morgan fingerprint density at radius 3 is 2.76 bits per heavy atom. The minimum Gasteiger partial charge on any atom is -0.356 e. The molecule has 1 amide bonds. The maximum Gasteiger partial charge on any atom is 0.216 e. The van der Waals surface area contributed by atoms with Gasteiger partial charge < -0.3 is 9.88 Å². The second kappa shape index (κ2) is 7.26. The molecule has 1 heterocycles. The molecule has 2 aromatic rings. The average molecular weight is 304 g/mol. The van der Waals surface area contributed by atoms with Crippen LogP contribution >= 0.6 is 11.8 Å². The zero-order valence-corrected chi connectivity index (χ0v) is 13.4. The predicted octanol–water partition coefficient (Wildman–Crippen LogP) is 2.50. The summed E-state index contributed by atoms with van der Waals surface area (Å²) in [7, 11) is 0. The standard InChI is InChI=1S/C15H20N4OS/c1-4-19-14(13-8-6-5-7-11(13)2)17-18-15(19)21-10-9-16-12(3)20/h5-8H,4,9-10H2,1-3H3,(H,16,20). The summed E-state index contributed by atoms with van der Waals surface area (Å²) in [4.78, 5) is 10.9. The first-order valence-electron chi connectivity index (χ1n) is 7.00. The molecule has 6 heteroatoms. The summed E-state index contributed by atoms with van der Waals surface area (Å²) in [5.74, 6) is 1.68. The van der Waals surface area contributed by atoms with Crippen molar-refractivity contribution in [2.75, 3.05) is 12.3 Å². The largest absolute Gasteiger partial charge is 0.356 e. The van der Waals surface area contributed by atoms with Crippen molar-refractivity contribution in [1.82, 2.24) is 20.1 Å². The monoisotopic (exact) mass is 304 g/mol. The van der Waals surface area contributed by atoms with Gasteiger partial charge in [0.05, 0.1) is 0 Å². The molecule has 1 aromatic carbocycles. The van der Waals surface area contributed by atoms with Crippen molar-refractivity contribution in [2.45, 2.75) is 32.5 Å². The average Bonchev–Trinajstić information content (AvgIpc) is 2.86. The SMILES string of the molecule is CCn1c(SCCNC(C)=O)nnc1-c1ccccc1C. The van der Waals surface area contributed by atoms with Gasteiger partial charge in [0.1, 0.15) is 0 Å². The van der Waals surface area contributed by atoms with E-state index in [9.17, 15) is 4.79 Å². The second-order valence-electron chi connectivity index (χ2n) is 4.70. The summed E-state index contributed by atoms with van der Waals surface area (Å²) in [6, 6.07) is 8.18. The lowest BCUT2D eigenvalue weighted by molar-refractivity contribution is -0.118. The van der Waals surface area contributed by atoms with E-state index < -0.39 is 0 Å². The van der Waals surface area contributed by atoms with Crippen LogP contribution in [0.25, 0.3) is 11.4 Å². The fraction of sp³-hybridized carbons (Fsp3) is 0.400. The third-order valence-electron chi connectivity index (χ3n) is 3.13. The predicted molar refractivity (Wildman–Crippen MR) is 85.3 cm³/mol. The van der Waals surface area contributed by atoms with Crippen molar-refractivity contribution in [3.8, 4) is 11.4 Å². The number of thioether (sulfide) groups is 1. The lowest BCUT2D eigenvalue weighted by atomic mass is 10.1. The molecule has 1 aromatic heterocycles. The van der Waals surface area contributed by atoms with E-state index in [-0.39, 0.29) is 5.91 Å². The van der Waals surface area contributed by atoms with E-state index in [2.05, 4.69) is 46.1 Å². The fourth-order valence-electron chi connectivity index (χ4n) is 2.07. The van der Waals surface area contributed by atoms with Gasteiger partial charge in [0.25, 0.3) is 0 Å². The number of rotatable bonds is 6. The Labute approximate surface area is 129 Å². The number of hydrogen-bond donors (Lipinski definition) is 1. The van der Waals surface area contributed by atoms with Crippen LogP contribution < -0.4 is 5.32 Å². The Kier molecular flexibility index (Phi) is 5.38. The van der Waals surface area contributed by atoms with Crippen LogP contribution in [0.2, 0.25) is 0 Å². The summed E-state index contributed by atoms with van der Waals surface area (Å²) < 4.78 is 2.11. The van der Waals surface area contributed by atoms with Crippen molar-refractivity contribution in [1.29, 1.82) is 0 Å². The number of aromatic nitrogens is 3. The van der Waals surface area contributed by atoms with Crippen LogP contribution in [0.4, 0.5) is 0 Å². The first kappa shape index (κ1) is 15.6. The Balaban J connectivity index is 2.15. The zero-order chi connectivity index (χ0) is 15.2. The van der Waals surface area contributed by atoms with Crippen molar-refractivity contribution >= 4 is 17.7 Å². The minimum absolute atomic E-state index is 0.00634. The summed E-state index contributed by atoms with van der Waals surface area (Å²) in [5.41, 5.74) is 2.30.